The number of hydrogen-bond acceptors (Lipinski definition) is 18. The van der Waals surface area contributed by atoms with Gasteiger partial charge in [0.15, 0.2) is 0 Å². The highest BCUT2D eigenvalue weighted by Crippen LogP contribution is 2.40. The highest BCUT2D eigenvalue weighted by atomic mass is 127. The Bertz CT molecular complexity index is 5520. The predicted molar refractivity (Wildman–Crippen MR) is 572 cm³/mol. The Morgan fingerprint density at radius 2 is 0.489 bits per heavy atom. The average Bonchev–Trinajstić information content (AvgIpc) is 0.837. The van der Waals surface area contributed by atoms with Crippen molar-refractivity contribution in [2.45, 2.75) is 210 Å². The van der Waals surface area contributed by atoms with Crippen LogP contribution in [0.3, 0.4) is 0 Å². The molecule has 0 aliphatic rings. The summed E-state index contributed by atoms with van der Waals surface area (Å²) in [6.45, 7) is 38.5. The minimum absolute atomic E-state index is 0.0277. The molecule has 12 rings (SSSR count). The molecule has 0 heterocycles. The van der Waals surface area contributed by atoms with Gasteiger partial charge in [-0.05, 0) is 414 Å². The molecular formula is C109H112Br7ClFIO18. The van der Waals surface area contributed by atoms with Crippen LogP contribution in [0.15, 0.2) is 219 Å². The largest absolute Gasteiger partial charge is 0.488 e. The number of benzene rings is 12. The lowest BCUT2D eigenvalue weighted by atomic mass is 10.1. The number of halogens is 10. The van der Waals surface area contributed by atoms with E-state index in [9.17, 15) is 33.2 Å². The number of esters is 6. The lowest BCUT2D eigenvalue weighted by Crippen LogP contribution is -2.10. The summed E-state index contributed by atoms with van der Waals surface area (Å²) in [4.78, 5) is 69.2. The van der Waals surface area contributed by atoms with E-state index in [4.69, 9.17) is 68.4 Å². The number of carbonyl (C=O) groups excluding carboxylic acids is 6. The van der Waals surface area contributed by atoms with Crippen LogP contribution in [0, 0.1) is 99.4 Å². The fourth-order valence-electron chi connectivity index (χ4n) is 12.0. The molecule has 0 saturated heterocycles. The maximum atomic E-state index is 14.1. The summed E-state index contributed by atoms with van der Waals surface area (Å²) in [5, 5.41) is 0.506. The van der Waals surface area contributed by atoms with E-state index in [-0.39, 0.29) is 60.8 Å². The van der Waals surface area contributed by atoms with Crippen LogP contribution in [-0.4, -0.2) is 35.8 Å². The number of aryl methyl sites for hydroxylation is 13. The van der Waals surface area contributed by atoms with E-state index >= 15 is 0 Å². The summed E-state index contributed by atoms with van der Waals surface area (Å²) in [6.07, 6.45) is 1.88. The average molecular weight is 2450 g/mol. The van der Waals surface area contributed by atoms with Crippen LogP contribution in [0.4, 0.5) is 4.39 Å². The first-order valence-electron chi connectivity index (χ1n) is 44.0. The van der Waals surface area contributed by atoms with Crippen molar-refractivity contribution in [1.29, 1.82) is 0 Å². The van der Waals surface area contributed by atoms with Gasteiger partial charge in [0.05, 0.1) is 43.0 Å². The molecule has 0 amide bonds. The number of hydrogen-bond donors (Lipinski definition) is 0. The van der Waals surface area contributed by atoms with E-state index in [0.717, 1.165) is 114 Å². The molecule has 726 valence electrons. The Hall–Kier alpha value is -9.43. The zero-order chi connectivity index (χ0) is 101. The van der Waals surface area contributed by atoms with Crippen molar-refractivity contribution in [3.05, 3.63) is 339 Å². The van der Waals surface area contributed by atoms with Crippen molar-refractivity contribution in [2.24, 2.45) is 0 Å². The van der Waals surface area contributed by atoms with Crippen molar-refractivity contribution in [1.82, 2.24) is 0 Å². The molecule has 18 nitrogen and oxygen atoms in total. The first kappa shape index (κ1) is 115. The Morgan fingerprint density at radius 3 is 0.847 bits per heavy atom. The molecule has 28 heteroatoms. The fraction of sp³-hybridized carbons (Fsp3) is 0.284. The van der Waals surface area contributed by atoms with Gasteiger partial charge in [-0.2, -0.15) is 0 Å². The van der Waals surface area contributed by atoms with E-state index in [1.165, 1.54) is 56.6 Å². The third-order valence-electron chi connectivity index (χ3n) is 21.3. The minimum Gasteiger partial charge on any atom is -0.488 e. The molecule has 0 spiro atoms. The normalized spacial score (nSPS) is 10.5. The number of para-hydroxylation sites is 1. The zero-order valence-electron chi connectivity index (χ0n) is 80.0. The van der Waals surface area contributed by atoms with Gasteiger partial charge in [0.1, 0.15) is 114 Å². The van der Waals surface area contributed by atoms with Gasteiger partial charge in [0.2, 0.25) is 0 Å². The smallest absolute Gasteiger partial charge is 0.310 e. The highest BCUT2D eigenvalue weighted by molar-refractivity contribution is 14.1. The van der Waals surface area contributed by atoms with Gasteiger partial charge in [-0.3, -0.25) is 28.8 Å². The summed E-state index contributed by atoms with van der Waals surface area (Å²) in [7, 11) is 0. The minimum atomic E-state index is -0.466. The lowest BCUT2D eigenvalue weighted by molar-refractivity contribution is -0.135. The predicted octanol–water partition coefficient (Wildman–Crippen LogP) is 32.2. The van der Waals surface area contributed by atoms with Gasteiger partial charge in [0.25, 0.3) is 0 Å². The van der Waals surface area contributed by atoms with E-state index in [2.05, 4.69) is 176 Å². The molecule has 0 fully saturated rings. The summed E-state index contributed by atoms with van der Waals surface area (Å²) >= 11 is 33.0. The SMILES string of the molecule is CCC(=O)Oc1cccc(Br)c1COc1cc(C)c(C)cc1Br.CCC(=O)Oc1cccc(C)c1COc1cc(C)c(C)cc1Br.CCC(=O)Oc1cccc(Cl)c1COc1cc(C)c(C)cc1Br.CCC(=O)Oc1cccc(F)c1COc1cc(C)c(C)cc1Br.CCC(=O)Oc1cccc(I)c1COc1cc(C)c(C)cc1Br.CCC(=O)Oc1ccccc1COc1cc(C)c(C)cc1Br. The number of ether oxygens (including phenoxy) is 12. The Balaban J connectivity index is 0.000000224. The second-order valence-electron chi connectivity index (χ2n) is 31.4. The van der Waals surface area contributed by atoms with Crippen LogP contribution < -0.4 is 56.8 Å². The van der Waals surface area contributed by atoms with Gasteiger partial charge >= 0.3 is 35.8 Å². The highest BCUT2D eigenvalue weighted by Gasteiger charge is 2.22. The summed E-state index contributed by atoms with van der Waals surface area (Å²) in [5.74, 6) is 5.06. The second-order valence-corrected chi connectivity index (χ2v) is 39.0. The summed E-state index contributed by atoms with van der Waals surface area (Å²) in [5.41, 5.74) is 19.3. The van der Waals surface area contributed by atoms with E-state index in [1.54, 1.807) is 90.1 Å². The van der Waals surface area contributed by atoms with Crippen molar-refractivity contribution >= 4 is 182 Å². The summed E-state index contributed by atoms with van der Waals surface area (Å²) in [6, 6.07) is 57.8. The third-order valence-corrected chi connectivity index (χ3v) is 27.1. The molecule has 0 bridgehead atoms. The van der Waals surface area contributed by atoms with Crippen molar-refractivity contribution in [3.8, 4) is 69.0 Å². The van der Waals surface area contributed by atoms with E-state index in [0.29, 0.717) is 104 Å². The van der Waals surface area contributed by atoms with Gasteiger partial charge in [-0.25, -0.2) is 4.39 Å². The quantitative estimate of drug-likeness (QED) is 0.0232. The van der Waals surface area contributed by atoms with Gasteiger partial charge in [-0.15, -0.1) is 0 Å². The van der Waals surface area contributed by atoms with Crippen LogP contribution >= 0.6 is 146 Å². The summed E-state index contributed by atoms with van der Waals surface area (Å²) < 4.78 is 88.5. The molecule has 0 aliphatic carbocycles. The molecule has 12 aromatic rings. The van der Waals surface area contributed by atoms with Gasteiger partial charge < -0.3 is 56.8 Å². The maximum Gasteiger partial charge on any atom is 0.310 e. The van der Waals surface area contributed by atoms with Crippen LogP contribution in [0.5, 0.6) is 69.0 Å². The Morgan fingerprint density at radius 1 is 0.248 bits per heavy atom. The van der Waals surface area contributed by atoms with Crippen LogP contribution in [-0.2, 0) is 68.4 Å². The first-order valence-corrected chi connectivity index (χ1v) is 51.0. The zero-order valence-corrected chi connectivity index (χ0v) is 94.0. The molecule has 12 aromatic carbocycles. The molecule has 0 aliphatic heterocycles. The molecule has 0 unspecified atom stereocenters. The molecular weight excluding hydrogens is 2340 g/mol. The van der Waals surface area contributed by atoms with Crippen LogP contribution in [0.2, 0.25) is 5.02 Å². The topological polar surface area (TPSA) is 213 Å². The first-order chi connectivity index (χ1) is 65.1. The molecule has 0 N–H and O–H groups in total. The molecule has 0 atom stereocenters. The van der Waals surface area contributed by atoms with E-state index < -0.39 is 11.8 Å². The number of rotatable bonds is 30. The molecule has 0 saturated carbocycles. The van der Waals surface area contributed by atoms with Crippen molar-refractivity contribution in [3.63, 3.8) is 0 Å². The second kappa shape index (κ2) is 57.3. The standard InChI is InChI=1S/C19H21BrO3.C18H18Br2O3.C18H18BrClO3.C18H18BrFO3.C18H18BrIO3.C18H19BrO3/c1-5-19(21)23-17-8-6-7-12(2)15(17)11-22-18-10-14(4)13(3)9-16(18)20;1-4-18(21)23-16-7-5-6-14(19)13(16)10-22-17-9-12(3)11(2)8-15(17)20;3*1-4-18(21)23-16-7-5-6-15(20)13(16)10-22-17-9-12(3)11(2)8-14(17)19;1-4-18(20)22-16-8-6-5-7-14(16)11-21-17-10-13(3)12(2)9-15(17)19/h6-10H,5,11H2,1-4H3;4*5-9H,4,10H2,1-3H3;5-10H,4,11H2,1-3H3. The van der Waals surface area contributed by atoms with Crippen LogP contribution in [0.1, 0.15) is 186 Å². The lowest BCUT2D eigenvalue weighted by Gasteiger charge is -2.15. The Labute approximate surface area is 881 Å². The van der Waals surface area contributed by atoms with Crippen molar-refractivity contribution < 1.29 is 90.0 Å². The molecule has 137 heavy (non-hydrogen) atoms. The van der Waals surface area contributed by atoms with Crippen LogP contribution in [0.25, 0.3) is 0 Å². The number of carbonyl (C=O) groups is 6. The van der Waals surface area contributed by atoms with Gasteiger partial charge in [-0.1, -0.05) is 124 Å². The molecule has 0 aromatic heterocycles. The van der Waals surface area contributed by atoms with E-state index in [1.807, 2.05) is 176 Å². The molecule has 0 radical (unpaired) electrons. The van der Waals surface area contributed by atoms with Gasteiger partial charge in [0, 0.05) is 68.8 Å². The van der Waals surface area contributed by atoms with Crippen molar-refractivity contribution in [2.75, 3.05) is 0 Å². The fourth-order valence-corrected chi connectivity index (χ4v) is 16.8. The Kier molecular flexibility index (Phi) is 47.9. The monoisotopic (exact) mass is 2440 g/mol. The third kappa shape index (κ3) is 36.0. The maximum absolute atomic E-state index is 14.1.